The highest BCUT2D eigenvalue weighted by atomic mass is 32.1. The third-order valence-corrected chi connectivity index (χ3v) is 9.13. The molecule has 1 aromatic carbocycles. The van der Waals surface area contributed by atoms with Gasteiger partial charge in [0.1, 0.15) is 5.01 Å². The molecular formula is C24H31N3OS. The maximum Gasteiger partial charge on any atom is 0.223 e. The van der Waals surface area contributed by atoms with Crippen molar-refractivity contribution in [2.45, 2.75) is 51.5 Å². The predicted molar refractivity (Wildman–Crippen MR) is 117 cm³/mol. The van der Waals surface area contributed by atoms with Crippen molar-refractivity contribution in [1.82, 2.24) is 14.8 Å². The summed E-state index contributed by atoms with van der Waals surface area (Å²) in [5.41, 5.74) is 1.47. The quantitative estimate of drug-likeness (QED) is 0.743. The highest BCUT2D eigenvalue weighted by Crippen LogP contribution is 2.61. The normalized spacial score (nSPS) is 34.2. The summed E-state index contributed by atoms with van der Waals surface area (Å²) in [7, 11) is 0. The number of piperazine rings is 1. The molecule has 0 spiro atoms. The lowest BCUT2D eigenvalue weighted by atomic mass is 9.49. The summed E-state index contributed by atoms with van der Waals surface area (Å²) < 4.78 is 1.27. The second-order valence-corrected chi connectivity index (χ2v) is 11.4. The summed E-state index contributed by atoms with van der Waals surface area (Å²) in [5, 5.41) is 1.19. The van der Waals surface area contributed by atoms with Gasteiger partial charge in [-0.1, -0.05) is 12.1 Å². The van der Waals surface area contributed by atoms with E-state index in [9.17, 15) is 4.79 Å². The SMILES string of the molecule is O=C(CC12CC3CC(CC(C3)C1)C2)N1CCN(Cc2nc3ccccc3s2)CC1. The van der Waals surface area contributed by atoms with Gasteiger partial charge in [0, 0.05) is 32.6 Å². The lowest BCUT2D eigenvalue weighted by molar-refractivity contribution is -0.141. The lowest BCUT2D eigenvalue weighted by Crippen LogP contribution is -2.52. The molecule has 4 aliphatic carbocycles. The Hall–Kier alpha value is -1.46. The van der Waals surface area contributed by atoms with Crippen molar-refractivity contribution in [1.29, 1.82) is 0 Å². The smallest absolute Gasteiger partial charge is 0.223 e. The third-order valence-electron chi connectivity index (χ3n) is 8.11. The van der Waals surface area contributed by atoms with E-state index in [2.05, 4.69) is 34.1 Å². The van der Waals surface area contributed by atoms with Gasteiger partial charge in [0.05, 0.1) is 16.8 Å². The van der Waals surface area contributed by atoms with Gasteiger partial charge in [-0.3, -0.25) is 9.69 Å². The fourth-order valence-corrected chi connectivity index (χ4v) is 8.28. The van der Waals surface area contributed by atoms with Crippen LogP contribution in [0.4, 0.5) is 0 Å². The number of hydrogen-bond acceptors (Lipinski definition) is 4. The Labute approximate surface area is 177 Å². The molecule has 1 saturated heterocycles. The Morgan fingerprint density at radius 3 is 2.31 bits per heavy atom. The highest BCUT2D eigenvalue weighted by molar-refractivity contribution is 7.18. The Balaban J connectivity index is 1.05. The van der Waals surface area contributed by atoms with Crippen molar-refractivity contribution < 1.29 is 4.79 Å². The van der Waals surface area contributed by atoms with E-state index in [0.717, 1.165) is 62.4 Å². The molecule has 1 aromatic heterocycles. The van der Waals surface area contributed by atoms with Crippen LogP contribution < -0.4 is 0 Å². The van der Waals surface area contributed by atoms with Gasteiger partial charge in [0.15, 0.2) is 0 Å². The molecule has 0 unspecified atom stereocenters. The van der Waals surface area contributed by atoms with Gasteiger partial charge < -0.3 is 4.90 Å². The minimum absolute atomic E-state index is 0.365. The molecule has 29 heavy (non-hydrogen) atoms. The minimum Gasteiger partial charge on any atom is -0.340 e. The topological polar surface area (TPSA) is 36.4 Å². The van der Waals surface area contributed by atoms with E-state index >= 15 is 0 Å². The van der Waals surface area contributed by atoms with E-state index < -0.39 is 0 Å². The second kappa shape index (κ2) is 7.05. The van der Waals surface area contributed by atoms with E-state index in [-0.39, 0.29) is 0 Å². The van der Waals surface area contributed by atoms with Crippen LogP contribution in [0, 0.1) is 23.2 Å². The zero-order valence-corrected chi connectivity index (χ0v) is 18.0. The van der Waals surface area contributed by atoms with Crippen molar-refractivity contribution >= 4 is 27.5 Å². The van der Waals surface area contributed by atoms with E-state index in [0.29, 0.717) is 11.3 Å². The number of rotatable bonds is 4. The van der Waals surface area contributed by atoms with Gasteiger partial charge in [0.25, 0.3) is 0 Å². The molecule has 5 aliphatic rings. The van der Waals surface area contributed by atoms with Gasteiger partial charge in [-0.25, -0.2) is 4.98 Å². The molecule has 2 aromatic rings. The van der Waals surface area contributed by atoms with E-state index in [4.69, 9.17) is 4.98 Å². The molecule has 0 N–H and O–H groups in total. The number of fused-ring (bicyclic) bond motifs is 1. The minimum atomic E-state index is 0.365. The fraction of sp³-hybridized carbons (Fsp3) is 0.667. The average molecular weight is 410 g/mol. The Kier molecular flexibility index (Phi) is 4.46. The average Bonchev–Trinajstić information content (AvgIpc) is 3.09. The largest absolute Gasteiger partial charge is 0.340 e. The zero-order valence-electron chi connectivity index (χ0n) is 17.2. The number of carbonyl (C=O) groups excluding carboxylic acids is 1. The number of thiazole rings is 1. The van der Waals surface area contributed by atoms with Crippen molar-refractivity contribution in [3.05, 3.63) is 29.3 Å². The highest BCUT2D eigenvalue weighted by Gasteiger charge is 2.51. The molecule has 2 heterocycles. The Bertz CT molecular complexity index is 845. The molecule has 0 atom stereocenters. The van der Waals surface area contributed by atoms with Gasteiger partial charge in [-0.2, -0.15) is 0 Å². The number of nitrogens with zero attached hydrogens (tertiary/aromatic N) is 3. The number of amides is 1. The summed E-state index contributed by atoms with van der Waals surface area (Å²) in [4.78, 5) is 22.6. The first kappa shape index (κ1) is 18.3. The van der Waals surface area contributed by atoms with Crippen molar-refractivity contribution in [3.8, 4) is 0 Å². The predicted octanol–water partition coefficient (Wildman–Crippen LogP) is 4.55. The molecule has 1 aliphatic heterocycles. The molecule has 4 nitrogen and oxygen atoms in total. The van der Waals surface area contributed by atoms with Crippen LogP contribution in [0.15, 0.2) is 24.3 Å². The van der Waals surface area contributed by atoms with Crippen LogP contribution in [0.5, 0.6) is 0 Å². The number of hydrogen-bond donors (Lipinski definition) is 0. The molecule has 1 amide bonds. The molecular weight excluding hydrogens is 378 g/mol. The Morgan fingerprint density at radius 1 is 1.00 bits per heavy atom. The van der Waals surface area contributed by atoms with Crippen LogP contribution in [0.25, 0.3) is 10.2 Å². The third kappa shape index (κ3) is 3.50. The second-order valence-electron chi connectivity index (χ2n) is 10.3. The molecule has 4 saturated carbocycles. The number of aromatic nitrogens is 1. The molecule has 7 rings (SSSR count). The first-order valence-corrected chi connectivity index (χ1v) is 12.3. The lowest BCUT2D eigenvalue weighted by Gasteiger charge is -2.57. The van der Waals surface area contributed by atoms with Gasteiger partial charge >= 0.3 is 0 Å². The first-order valence-electron chi connectivity index (χ1n) is 11.5. The summed E-state index contributed by atoms with van der Waals surface area (Å²) in [6, 6.07) is 8.38. The van der Waals surface area contributed by atoms with Crippen molar-refractivity contribution in [2.24, 2.45) is 23.2 Å². The summed E-state index contributed by atoms with van der Waals surface area (Å²) in [6.07, 6.45) is 9.20. The number of para-hydroxylation sites is 1. The van der Waals surface area contributed by atoms with E-state index in [1.54, 1.807) is 11.3 Å². The molecule has 154 valence electrons. The monoisotopic (exact) mass is 409 g/mol. The van der Waals surface area contributed by atoms with E-state index in [1.807, 2.05) is 0 Å². The zero-order chi connectivity index (χ0) is 19.4. The molecule has 0 radical (unpaired) electrons. The molecule has 4 bridgehead atoms. The van der Waals surface area contributed by atoms with Crippen LogP contribution in [0.2, 0.25) is 0 Å². The van der Waals surface area contributed by atoms with Gasteiger partial charge in [0.2, 0.25) is 5.91 Å². The maximum absolute atomic E-state index is 13.2. The van der Waals surface area contributed by atoms with E-state index in [1.165, 1.54) is 48.2 Å². The van der Waals surface area contributed by atoms with Gasteiger partial charge in [-0.05, 0) is 73.8 Å². The van der Waals surface area contributed by atoms with Gasteiger partial charge in [-0.15, -0.1) is 11.3 Å². The molecule has 5 fully saturated rings. The summed E-state index contributed by atoms with van der Waals surface area (Å²) in [5.74, 6) is 3.23. The number of carbonyl (C=O) groups is 1. The van der Waals surface area contributed by atoms with Crippen molar-refractivity contribution in [2.75, 3.05) is 26.2 Å². The van der Waals surface area contributed by atoms with Crippen molar-refractivity contribution in [3.63, 3.8) is 0 Å². The summed E-state index contributed by atoms with van der Waals surface area (Å²) in [6.45, 7) is 4.63. The van der Waals surface area contributed by atoms with Crippen LogP contribution in [0.1, 0.15) is 50.0 Å². The maximum atomic E-state index is 13.2. The van der Waals surface area contributed by atoms with Crippen LogP contribution in [-0.4, -0.2) is 46.9 Å². The molecule has 5 heteroatoms. The van der Waals surface area contributed by atoms with Crippen LogP contribution >= 0.6 is 11.3 Å². The number of benzene rings is 1. The van der Waals surface area contributed by atoms with Crippen LogP contribution in [0.3, 0.4) is 0 Å². The summed E-state index contributed by atoms with van der Waals surface area (Å²) >= 11 is 1.80. The first-order chi connectivity index (χ1) is 14.1. The standard InChI is InChI=1S/C24H31N3OS/c28-23(15-24-12-17-9-18(13-24)11-19(10-17)14-24)27-7-5-26(6-8-27)16-22-25-20-3-1-2-4-21(20)29-22/h1-4,17-19H,5-16H2. The Morgan fingerprint density at radius 2 is 1.66 bits per heavy atom. The fourth-order valence-electron chi connectivity index (χ4n) is 7.27. The van der Waals surface area contributed by atoms with Crippen LogP contribution in [-0.2, 0) is 11.3 Å².